The predicted molar refractivity (Wildman–Crippen MR) is 45.0 cm³/mol. The molecule has 0 N–H and O–H groups in total. The van der Waals surface area contributed by atoms with Gasteiger partial charge in [-0.1, -0.05) is 0 Å². The molecule has 0 saturated carbocycles. The third-order valence-electron chi connectivity index (χ3n) is 1.54. The van der Waals surface area contributed by atoms with Gasteiger partial charge in [-0.25, -0.2) is 9.50 Å². The highest BCUT2D eigenvalue weighted by molar-refractivity contribution is 7.80. The lowest BCUT2D eigenvalue weighted by Crippen LogP contribution is -1.93. The third-order valence-corrected chi connectivity index (χ3v) is 2.00. The summed E-state index contributed by atoms with van der Waals surface area (Å²) in [4.78, 5) is 4.95. The first-order chi connectivity index (χ1) is 5.27. The molecule has 0 atom stereocenters. The summed E-state index contributed by atoms with van der Waals surface area (Å²) >= 11 is 4.23. The second-order valence-electron chi connectivity index (χ2n) is 2.34. The van der Waals surface area contributed by atoms with Gasteiger partial charge in [0, 0.05) is 17.3 Å². The first-order valence-corrected chi connectivity index (χ1v) is 3.72. The number of thiol groups is 1. The number of nitrogens with zero attached hydrogens (tertiary/aromatic N) is 3. The molecule has 0 amide bonds. The van der Waals surface area contributed by atoms with Crippen LogP contribution in [0.2, 0.25) is 0 Å². The molecular weight excluding hydrogens is 158 g/mol. The van der Waals surface area contributed by atoms with Crippen molar-refractivity contribution >= 4 is 18.3 Å². The molecule has 4 heteroatoms. The molecule has 0 radical (unpaired) electrons. The standard InChI is InChI=1S/C7H7N3S/c1-5-6(11)4-7-8-2-3-10(7)9-5/h2-4,11H,1H3. The molecule has 0 aromatic carbocycles. The molecule has 0 spiro atoms. The third kappa shape index (κ3) is 0.991. The molecule has 0 saturated heterocycles. The molecule has 0 bridgehead atoms. The van der Waals surface area contributed by atoms with Gasteiger partial charge in [0.2, 0.25) is 0 Å². The fourth-order valence-corrected chi connectivity index (χ4v) is 1.10. The summed E-state index contributed by atoms with van der Waals surface area (Å²) < 4.78 is 1.73. The molecule has 0 aliphatic carbocycles. The highest BCUT2D eigenvalue weighted by atomic mass is 32.1. The molecular formula is C7H7N3S. The zero-order valence-corrected chi connectivity index (χ0v) is 6.92. The van der Waals surface area contributed by atoms with Crippen LogP contribution in [0.5, 0.6) is 0 Å². The number of aromatic nitrogens is 3. The highest BCUT2D eigenvalue weighted by Gasteiger charge is 1.98. The second kappa shape index (κ2) is 2.23. The minimum Gasteiger partial charge on any atom is -0.235 e. The summed E-state index contributed by atoms with van der Waals surface area (Å²) in [5, 5.41) is 4.21. The van der Waals surface area contributed by atoms with E-state index in [1.807, 2.05) is 19.2 Å². The SMILES string of the molecule is Cc1nn2ccnc2cc1S. The van der Waals surface area contributed by atoms with Crippen molar-refractivity contribution in [3.8, 4) is 0 Å². The van der Waals surface area contributed by atoms with E-state index in [1.54, 1.807) is 10.7 Å². The smallest absolute Gasteiger partial charge is 0.154 e. The van der Waals surface area contributed by atoms with Crippen LogP contribution in [0, 0.1) is 6.92 Å². The van der Waals surface area contributed by atoms with E-state index in [-0.39, 0.29) is 0 Å². The van der Waals surface area contributed by atoms with Crippen LogP contribution >= 0.6 is 12.6 Å². The van der Waals surface area contributed by atoms with Gasteiger partial charge in [0.25, 0.3) is 0 Å². The molecule has 0 aliphatic rings. The lowest BCUT2D eigenvalue weighted by molar-refractivity contribution is 0.875. The average Bonchev–Trinajstić information content (AvgIpc) is 2.36. The molecule has 2 aromatic heterocycles. The molecule has 2 heterocycles. The Kier molecular flexibility index (Phi) is 1.35. The van der Waals surface area contributed by atoms with E-state index < -0.39 is 0 Å². The lowest BCUT2D eigenvalue weighted by atomic mass is 10.4. The van der Waals surface area contributed by atoms with E-state index in [1.165, 1.54) is 0 Å². The van der Waals surface area contributed by atoms with Crippen molar-refractivity contribution in [2.45, 2.75) is 11.8 Å². The Balaban J connectivity index is 2.86. The first-order valence-electron chi connectivity index (χ1n) is 3.27. The average molecular weight is 165 g/mol. The molecule has 0 unspecified atom stereocenters. The molecule has 11 heavy (non-hydrogen) atoms. The minimum absolute atomic E-state index is 0.834. The van der Waals surface area contributed by atoms with Gasteiger partial charge in [0.05, 0.1) is 5.69 Å². The molecule has 2 rings (SSSR count). The number of rotatable bonds is 0. The van der Waals surface area contributed by atoms with Crippen molar-refractivity contribution in [2.75, 3.05) is 0 Å². The van der Waals surface area contributed by atoms with Gasteiger partial charge in [-0.05, 0) is 13.0 Å². The number of imidazole rings is 1. The Morgan fingerprint density at radius 2 is 2.36 bits per heavy atom. The fraction of sp³-hybridized carbons (Fsp3) is 0.143. The van der Waals surface area contributed by atoms with Gasteiger partial charge >= 0.3 is 0 Å². The van der Waals surface area contributed by atoms with E-state index in [2.05, 4.69) is 22.7 Å². The van der Waals surface area contributed by atoms with Gasteiger partial charge < -0.3 is 0 Å². The first kappa shape index (κ1) is 6.67. The summed E-state index contributed by atoms with van der Waals surface area (Å²) in [5.74, 6) is 0. The maximum atomic E-state index is 4.23. The van der Waals surface area contributed by atoms with Crippen molar-refractivity contribution < 1.29 is 0 Å². The number of hydrogen-bond donors (Lipinski definition) is 1. The molecule has 0 aliphatic heterocycles. The van der Waals surface area contributed by atoms with Gasteiger partial charge in [-0.3, -0.25) is 0 Å². The zero-order valence-electron chi connectivity index (χ0n) is 6.02. The Hall–Kier alpha value is -1.03. The summed E-state index contributed by atoms with van der Waals surface area (Å²) in [6.45, 7) is 1.92. The number of fused-ring (bicyclic) bond motifs is 1. The van der Waals surface area contributed by atoms with Crippen LogP contribution in [0.4, 0.5) is 0 Å². The summed E-state index contributed by atoms with van der Waals surface area (Å²) in [5.41, 5.74) is 1.75. The minimum atomic E-state index is 0.834. The quantitative estimate of drug-likeness (QED) is 0.597. The Labute approximate surface area is 69.5 Å². The maximum Gasteiger partial charge on any atom is 0.154 e. The normalized spacial score (nSPS) is 10.7. The Morgan fingerprint density at radius 3 is 3.18 bits per heavy atom. The van der Waals surface area contributed by atoms with Crippen LogP contribution in [0.25, 0.3) is 5.65 Å². The monoisotopic (exact) mass is 165 g/mol. The van der Waals surface area contributed by atoms with E-state index in [9.17, 15) is 0 Å². The fourth-order valence-electron chi connectivity index (χ4n) is 0.936. The van der Waals surface area contributed by atoms with Gasteiger partial charge in [-0.15, -0.1) is 12.6 Å². The molecule has 0 fully saturated rings. The van der Waals surface area contributed by atoms with Gasteiger partial charge in [0.1, 0.15) is 0 Å². The summed E-state index contributed by atoms with van der Waals surface area (Å²) in [6, 6.07) is 1.89. The van der Waals surface area contributed by atoms with Crippen molar-refractivity contribution in [1.29, 1.82) is 0 Å². The van der Waals surface area contributed by atoms with Crippen LogP contribution in [-0.4, -0.2) is 14.6 Å². The largest absolute Gasteiger partial charge is 0.235 e. The molecule has 2 aromatic rings. The van der Waals surface area contributed by atoms with Gasteiger partial charge in [0.15, 0.2) is 5.65 Å². The van der Waals surface area contributed by atoms with Crippen LogP contribution in [0.1, 0.15) is 5.69 Å². The topological polar surface area (TPSA) is 30.2 Å². The summed E-state index contributed by atoms with van der Waals surface area (Å²) in [7, 11) is 0. The molecule has 56 valence electrons. The predicted octanol–water partition coefficient (Wildman–Crippen LogP) is 1.33. The maximum absolute atomic E-state index is 4.23. The van der Waals surface area contributed by atoms with Crippen LogP contribution in [0.15, 0.2) is 23.4 Å². The van der Waals surface area contributed by atoms with Gasteiger partial charge in [-0.2, -0.15) is 5.10 Å². The summed E-state index contributed by atoms with van der Waals surface area (Å²) in [6.07, 6.45) is 3.53. The van der Waals surface area contributed by atoms with Crippen LogP contribution in [-0.2, 0) is 0 Å². The van der Waals surface area contributed by atoms with Crippen LogP contribution in [0.3, 0.4) is 0 Å². The number of hydrogen-bond acceptors (Lipinski definition) is 3. The lowest BCUT2D eigenvalue weighted by Gasteiger charge is -1.97. The Bertz CT molecular complexity index is 357. The highest BCUT2D eigenvalue weighted by Crippen LogP contribution is 2.11. The van der Waals surface area contributed by atoms with Crippen molar-refractivity contribution in [1.82, 2.24) is 14.6 Å². The van der Waals surface area contributed by atoms with Crippen LogP contribution < -0.4 is 0 Å². The van der Waals surface area contributed by atoms with E-state index in [0.29, 0.717) is 0 Å². The van der Waals surface area contributed by atoms with E-state index in [0.717, 1.165) is 16.2 Å². The number of aryl methyl sites for hydroxylation is 1. The van der Waals surface area contributed by atoms with Crippen molar-refractivity contribution in [3.63, 3.8) is 0 Å². The zero-order chi connectivity index (χ0) is 7.84. The Morgan fingerprint density at radius 1 is 1.55 bits per heavy atom. The van der Waals surface area contributed by atoms with E-state index in [4.69, 9.17) is 0 Å². The second-order valence-corrected chi connectivity index (χ2v) is 2.83. The van der Waals surface area contributed by atoms with Crippen molar-refractivity contribution in [3.05, 3.63) is 24.2 Å². The van der Waals surface area contributed by atoms with E-state index >= 15 is 0 Å². The van der Waals surface area contributed by atoms with Crippen molar-refractivity contribution in [2.24, 2.45) is 0 Å². The molecule has 3 nitrogen and oxygen atoms in total.